The summed E-state index contributed by atoms with van der Waals surface area (Å²) in [6, 6.07) is 5.99. The third-order valence-electron chi connectivity index (χ3n) is 7.84. The van der Waals surface area contributed by atoms with Crippen molar-refractivity contribution in [3.63, 3.8) is 0 Å². The average Bonchev–Trinajstić information content (AvgIpc) is 3.56. The van der Waals surface area contributed by atoms with Crippen LogP contribution < -0.4 is 4.90 Å². The Hall–Kier alpha value is -2.55. The summed E-state index contributed by atoms with van der Waals surface area (Å²) in [4.78, 5) is 19.3. The fourth-order valence-corrected chi connectivity index (χ4v) is 5.92. The molecule has 1 spiro atoms. The van der Waals surface area contributed by atoms with Crippen LogP contribution in [0.5, 0.6) is 0 Å². The first kappa shape index (κ1) is 23.2. The van der Waals surface area contributed by atoms with Gasteiger partial charge in [-0.1, -0.05) is 6.07 Å². The molecule has 2 aromatic rings. The highest BCUT2D eigenvalue weighted by Crippen LogP contribution is 2.41. The SMILES string of the molecule is Cc1ccn(C(=O)N2CCC3(CCCN3Cc3ccc(C(F)(F)F)cc3N3CCCC3)CC2)n1. The largest absolute Gasteiger partial charge is 0.416 e. The molecule has 3 saturated heterocycles. The number of alkyl halides is 3. The van der Waals surface area contributed by atoms with Crippen molar-refractivity contribution in [1.82, 2.24) is 19.6 Å². The number of halogens is 3. The van der Waals surface area contributed by atoms with E-state index in [0.29, 0.717) is 19.6 Å². The van der Waals surface area contributed by atoms with Gasteiger partial charge in [0.05, 0.1) is 11.3 Å². The molecule has 4 heterocycles. The van der Waals surface area contributed by atoms with Gasteiger partial charge in [0.2, 0.25) is 0 Å². The topological polar surface area (TPSA) is 44.6 Å². The zero-order chi connectivity index (χ0) is 23.9. The summed E-state index contributed by atoms with van der Waals surface area (Å²) in [6.07, 6.45) is 3.29. The minimum Gasteiger partial charge on any atom is -0.371 e. The maximum absolute atomic E-state index is 13.4. The van der Waals surface area contributed by atoms with E-state index < -0.39 is 11.7 Å². The summed E-state index contributed by atoms with van der Waals surface area (Å²) in [5.41, 5.74) is 1.95. The lowest BCUT2D eigenvalue weighted by atomic mass is 9.84. The minimum atomic E-state index is -4.34. The van der Waals surface area contributed by atoms with E-state index in [2.05, 4.69) is 14.9 Å². The highest BCUT2D eigenvalue weighted by molar-refractivity contribution is 5.76. The number of likely N-dealkylation sites (tertiary alicyclic amines) is 2. The number of rotatable bonds is 3. The zero-order valence-corrected chi connectivity index (χ0v) is 19.7. The molecule has 3 aliphatic heterocycles. The van der Waals surface area contributed by atoms with Gasteiger partial charge in [-0.05, 0) is 75.8 Å². The summed E-state index contributed by atoms with van der Waals surface area (Å²) in [5.74, 6) is 0. The number of piperidine rings is 1. The van der Waals surface area contributed by atoms with E-state index in [-0.39, 0.29) is 11.6 Å². The van der Waals surface area contributed by atoms with Gasteiger partial charge in [-0.25, -0.2) is 4.79 Å². The molecular weight excluding hydrogens is 443 g/mol. The second kappa shape index (κ2) is 8.91. The van der Waals surface area contributed by atoms with Crippen molar-refractivity contribution in [2.75, 3.05) is 37.6 Å². The minimum absolute atomic E-state index is 0.00178. The third kappa shape index (κ3) is 4.42. The number of carbonyl (C=O) groups excluding carboxylic acids is 1. The van der Waals surface area contributed by atoms with E-state index >= 15 is 0 Å². The van der Waals surface area contributed by atoms with Gasteiger partial charge < -0.3 is 9.80 Å². The normalized spacial score (nSPS) is 21.1. The number of aromatic nitrogens is 2. The molecule has 9 heteroatoms. The summed E-state index contributed by atoms with van der Waals surface area (Å²) in [7, 11) is 0. The molecule has 0 unspecified atom stereocenters. The molecule has 0 N–H and O–H groups in total. The second-order valence-electron chi connectivity index (χ2n) is 9.96. The van der Waals surface area contributed by atoms with E-state index in [0.717, 1.165) is 75.1 Å². The van der Waals surface area contributed by atoms with Crippen LogP contribution in [0.4, 0.5) is 23.7 Å². The lowest BCUT2D eigenvalue weighted by Gasteiger charge is -2.45. The fraction of sp³-hybridized carbons (Fsp3) is 0.600. The Labute approximate surface area is 198 Å². The van der Waals surface area contributed by atoms with Crippen LogP contribution in [0.1, 0.15) is 55.3 Å². The van der Waals surface area contributed by atoms with E-state index in [1.54, 1.807) is 12.3 Å². The van der Waals surface area contributed by atoms with Gasteiger partial charge in [-0.2, -0.15) is 23.0 Å². The van der Waals surface area contributed by atoms with Crippen molar-refractivity contribution in [3.8, 4) is 0 Å². The first-order chi connectivity index (χ1) is 16.2. The molecule has 1 aromatic heterocycles. The van der Waals surface area contributed by atoms with E-state index in [1.165, 1.54) is 16.8 Å². The molecular formula is C25H32F3N5O. The van der Waals surface area contributed by atoms with Gasteiger partial charge in [0.15, 0.2) is 0 Å². The smallest absolute Gasteiger partial charge is 0.371 e. The fourth-order valence-electron chi connectivity index (χ4n) is 5.92. The Kier molecular flexibility index (Phi) is 6.08. The standard InChI is InChI=1S/C25H32F3N5O/c1-19-7-14-33(29-19)23(34)31-15-9-24(10-16-31)8-4-13-32(24)18-20-5-6-21(25(26,27)28)17-22(20)30-11-2-3-12-30/h5-7,14,17H,2-4,8-13,15-16,18H2,1H3. The van der Waals surface area contributed by atoms with Crippen molar-refractivity contribution < 1.29 is 18.0 Å². The lowest BCUT2D eigenvalue weighted by Crippen LogP contribution is -2.53. The summed E-state index contributed by atoms with van der Waals surface area (Å²) >= 11 is 0. The molecule has 34 heavy (non-hydrogen) atoms. The molecule has 0 bridgehead atoms. The number of nitrogens with zero attached hydrogens (tertiary/aromatic N) is 5. The van der Waals surface area contributed by atoms with Crippen LogP contribution >= 0.6 is 0 Å². The van der Waals surface area contributed by atoms with Crippen molar-refractivity contribution >= 4 is 11.7 Å². The van der Waals surface area contributed by atoms with Crippen molar-refractivity contribution in [1.29, 1.82) is 0 Å². The molecule has 184 valence electrons. The third-order valence-corrected chi connectivity index (χ3v) is 7.84. The van der Waals surface area contributed by atoms with Gasteiger partial charge >= 0.3 is 12.2 Å². The molecule has 3 fully saturated rings. The number of amides is 1. The van der Waals surface area contributed by atoms with Crippen LogP contribution in [-0.2, 0) is 12.7 Å². The number of carbonyl (C=O) groups is 1. The Bertz CT molecular complexity index is 1040. The molecule has 0 aliphatic carbocycles. The molecule has 5 rings (SSSR count). The second-order valence-corrected chi connectivity index (χ2v) is 9.96. The maximum Gasteiger partial charge on any atom is 0.416 e. The maximum atomic E-state index is 13.4. The molecule has 1 amide bonds. The molecule has 0 saturated carbocycles. The monoisotopic (exact) mass is 475 g/mol. The summed E-state index contributed by atoms with van der Waals surface area (Å²) in [6.45, 7) is 6.40. The van der Waals surface area contributed by atoms with Gasteiger partial charge in [-0.15, -0.1) is 0 Å². The van der Waals surface area contributed by atoms with Gasteiger partial charge in [0, 0.05) is 50.1 Å². The molecule has 0 radical (unpaired) electrons. The van der Waals surface area contributed by atoms with Gasteiger partial charge in [-0.3, -0.25) is 4.90 Å². The van der Waals surface area contributed by atoms with Gasteiger partial charge in [0.1, 0.15) is 0 Å². The molecule has 1 aromatic carbocycles. The predicted octanol–water partition coefficient (Wildman–Crippen LogP) is 4.91. The molecule has 0 atom stereocenters. The van der Waals surface area contributed by atoms with E-state index in [4.69, 9.17) is 0 Å². The summed E-state index contributed by atoms with van der Waals surface area (Å²) in [5, 5.41) is 4.25. The Morgan fingerprint density at radius 2 is 1.74 bits per heavy atom. The Morgan fingerprint density at radius 3 is 2.38 bits per heavy atom. The van der Waals surface area contributed by atoms with Crippen LogP contribution in [0.3, 0.4) is 0 Å². The average molecular weight is 476 g/mol. The van der Waals surface area contributed by atoms with E-state index in [9.17, 15) is 18.0 Å². The van der Waals surface area contributed by atoms with Crippen molar-refractivity contribution in [2.24, 2.45) is 0 Å². The number of anilines is 1. The Morgan fingerprint density at radius 1 is 1.00 bits per heavy atom. The predicted molar refractivity (Wildman–Crippen MR) is 124 cm³/mol. The first-order valence-corrected chi connectivity index (χ1v) is 12.3. The summed E-state index contributed by atoms with van der Waals surface area (Å²) < 4.78 is 41.7. The van der Waals surface area contributed by atoms with Crippen molar-refractivity contribution in [3.05, 3.63) is 47.3 Å². The van der Waals surface area contributed by atoms with Crippen LogP contribution in [-0.4, -0.2) is 63.9 Å². The molecule has 3 aliphatic rings. The highest BCUT2D eigenvalue weighted by atomic mass is 19.4. The highest BCUT2D eigenvalue weighted by Gasteiger charge is 2.44. The quantitative estimate of drug-likeness (QED) is 0.633. The van der Waals surface area contributed by atoms with Crippen molar-refractivity contribution in [2.45, 2.75) is 63.7 Å². The number of hydrogen-bond donors (Lipinski definition) is 0. The van der Waals surface area contributed by atoms with Crippen LogP contribution in [0.15, 0.2) is 30.5 Å². The van der Waals surface area contributed by atoms with Crippen LogP contribution in [0.25, 0.3) is 0 Å². The number of benzene rings is 1. The number of aryl methyl sites for hydroxylation is 1. The van der Waals surface area contributed by atoms with Crippen LogP contribution in [0, 0.1) is 6.92 Å². The zero-order valence-electron chi connectivity index (χ0n) is 19.7. The Balaban J connectivity index is 1.32. The van der Waals surface area contributed by atoms with Crippen LogP contribution in [0.2, 0.25) is 0 Å². The lowest BCUT2D eigenvalue weighted by molar-refractivity contribution is -0.137. The van der Waals surface area contributed by atoms with E-state index in [1.807, 2.05) is 17.9 Å². The molecule has 6 nitrogen and oxygen atoms in total. The number of hydrogen-bond acceptors (Lipinski definition) is 4. The first-order valence-electron chi connectivity index (χ1n) is 12.3. The van der Waals surface area contributed by atoms with Gasteiger partial charge in [0.25, 0.3) is 0 Å².